The van der Waals surface area contributed by atoms with Crippen molar-refractivity contribution in [2.24, 2.45) is 0 Å². The van der Waals surface area contributed by atoms with Gasteiger partial charge in [0.05, 0.1) is 6.10 Å². The minimum absolute atomic E-state index is 0.481. The SMILES string of the molecule is Cc1ccc(Br)cc1Oc1cc(C(C)O)ccn1. The molecule has 1 atom stereocenters. The summed E-state index contributed by atoms with van der Waals surface area (Å²) in [6.45, 7) is 3.68. The van der Waals surface area contributed by atoms with Crippen LogP contribution in [0, 0.1) is 6.92 Å². The minimum Gasteiger partial charge on any atom is -0.439 e. The molecule has 1 unspecified atom stereocenters. The summed E-state index contributed by atoms with van der Waals surface area (Å²) in [5.74, 6) is 1.23. The maximum atomic E-state index is 9.52. The van der Waals surface area contributed by atoms with E-state index in [1.165, 1.54) is 0 Å². The summed E-state index contributed by atoms with van der Waals surface area (Å²) in [7, 11) is 0. The molecular weight excluding hydrogens is 294 g/mol. The van der Waals surface area contributed by atoms with E-state index >= 15 is 0 Å². The van der Waals surface area contributed by atoms with Crippen LogP contribution in [0.2, 0.25) is 0 Å². The van der Waals surface area contributed by atoms with Crippen molar-refractivity contribution >= 4 is 15.9 Å². The number of benzene rings is 1. The predicted octanol–water partition coefficient (Wildman–Crippen LogP) is 4.00. The van der Waals surface area contributed by atoms with E-state index in [4.69, 9.17) is 4.74 Å². The second-order valence-electron chi connectivity index (χ2n) is 4.12. The van der Waals surface area contributed by atoms with Crippen LogP contribution in [-0.4, -0.2) is 10.1 Å². The van der Waals surface area contributed by atoms with Gasteiger partial charge in [0.2, 0.25) is 5.88 Å². The molecular formula is C14H14BrNO2. The fourth-order valence-corrected chi connectivity index (χ4v) is 1.88. The normalized spacial score (nSPS) is 12.2. The van der Waals surface area contributed by atoms with Gasteiger partial charge in [-0.2, -0.15) is 0 Å². The number of nitrogens with zero attached hydrogens (tertiary/aromatic N) is 1. The Hall–Kier alpha value is -1.39. The highest BCUT2D eigenvalue weighted by molar-refractivity contribution is 9.10. The molecule has 94 valence electrons. The highest BCUT2D eigenvalue weighted by Crippen LogP contribution is 2.28. The molecule has 0 radical (unpaired) electrons. The van der Waals surface area contributed by atoms with E-state index < -0.39 is 6.10 Å². The molecule has 18 heavy (non-hydrogen) atoms. The fraction of sp³-hybridized carbons (Fsp3) is 0.214. The number of aliphatic hydroxyl groups is 1. The topological polar surface area (TPSA) is 42.4 Å². The van der Waals surface area contributed by atoms with Gasteiger partial charge < -0.3 is 9.84 Å². The van der Waals surface area contributed by atoms with Gasteiger partial charge in [0.25, 0.3) is 0 Å². The van der Waals surface area contributed by atoms with Crippen molar-refractivity contribution in [1.82, 2.24) is 4.98 Å². The van der Waals surface area contributed by atoms with Gasteiger partial charge in [-0.05, 0) is 43.2 Å². The Bertz CT molecular complexity index is 555. The third-order valence-corrected chi connectivity index (χ3v) is 3.10. The summed E-state index contributed by atoms with van der Waals surface area (Å²) in [6.07, 6.45) is 1.10. The maximum Gasteiger partial charge on any atom is 0.219 e. The van der Waals surface area contributed by atoms with Crippen LogP contribution in [0.5, 0.6) is 11.6 Å². The van der Waals surface area contributed by atoms with Crippen molar-refractivity contribution in [1.29, 1.82) is 0 Å². The number of aromatic nitrogens is 1. The Morgan fingerprint density at radius 2 is 2.06 bits per heavy atom. The fourth-order valence-electron chi connectivity index (χ4n) is 1.54. The van der Waals surface area contributed by atoms with E-state index in [0.717, 1.165) is 21.3 Å². The van der Waals surface area contributed by atoms with Crippen molar-refractivity contribution < 1.29 is 9.84 Å². The summed E-state index contributed by atoms with van der Waals surface area (Å²) in [5, 5.41) is 9.52. The molecule has 0 aliphatic heterocycles. The first-order valence-electron chi connectivity index (χ1n) is 5.64. The minimum atomic E-state index is -0.529. The number of hydrogen-bond acceptors (Lipinski definition) is 3. The van der Waals surface area contributed by atoms with Crippen molar-refractivity contribution in [2.75, 3.05) is 0 Å². The standard InChI is InChI=1S/C14H14BrNO2/c1-9-3-4-12(15)8-13(9)18-14-7-11(10(2)17)5-6-16-14/h3-8,10,17H,1-2H3. The molecule has 1 aromatic heterocycles. The lowest BCUT2D eigenvalue weighted by atomic mass is 10.2. The Kier molecular flexibility index (Phi) is 3.99. The molecule has 0 bridgehead atoms. The van der Waals surface area contributed by atoms with Crippen molar-refractivity contribution in [2.45, 2.75) is 20.0 Å². The molecule has 0 fully saturated rings. The Labute approximate surface area is 115 Å². The largest absolute Gasteiger partial charge is 0.439 e. The number of pyridine rings is 1. The highest BCUT2D eigenvalue weighted by atomic mass is 79.9. The number of aliphatic hydroxyl groups excluding tert-OH is 1. The number of ether oxygens (including phenoxy) is 1. The van der Waals surface area contributed by atoms with Gasteiger partial charge in [0, 0.05) is 16.7 Å². The average molecular weight is 308 g/mol. The lowest BCUT2D eigenvalue weighted by Crippen LogP contribution is -1.95. The van der Waals surface area contributed by atoms with Gasteiger partial charge in [-0.25, -0.2) is 4.98 Å². The second kappa shape index (κ2) is 5.50. The van der Waals surface area contributed by atoms with Crippen LogP contribution >= 0.6 is 15.9 Å². The molecule has 3 nitrogen and oxygen atoms in total. The summed E-state index contributed by atoms with van der Waals surface area (Å²) >= 11 is 3.41. The van der Waals surface area contributed by atoms with E-state index in [1.807, 2.05) is 25.1 Å². The van der Waals surface area contributed by atoms with Crippen LogP contribution in [-0.2, 0) is 0 Å². The first-order valence-corrected chi connectivity index (χ1v) is 6.43. The molecule has 1 aromatic carbocycles. The van der Waals surface area contributed by atoms with Gasteiger partial charge in [-0.3, -0.25) is 0 Å². The van der Waals surface area contributed by atoms with E-state index in [0.29, 0.717) is 5.88 Å². The molecule has 1 heterocycles. The zero-order valence-electron chi connectivity index (χ0n) is 10.2. The lowest BCUT2D eigenvalue weighted by molar-refractivity contribution is 0.198. The van der Waals surface area contributed by atoms with Crippen LogP contribution in [0.15, 0.2) is 41.0 Å². The number of rotatable bonds is 3. The number of hydrogen-bond donors (Lipinski definition) is 1. The molecule has 0 amide bonds. The molecule has 0 spiro atoms. The Balaban J connectivity index is 2.28. The van der Waals surface area contributed by atoms with E-state index in [-0.39, 0.29) is 0 Å². The molecule has 1 N–H and O–H groups in total. The van der Waals surface area contributed by atoms with E-state index in [2.05, 4.69) is 20.9 Å². The Morgan fingerprint density at radius 3 is 2.78 bits per heavy atom. The van der Waals surface area contributed by atoms with Crippen LogP contribution < -0.4 is 4.74 Å². The molecule has 0 aliphatic carbocycles. The summed E-state index contributed by atoms with van der Waals surface area (Å²) in [6, 6.07) is 9.34. The highest BCUT2D eigenvalue weighted by Gasteiger charge is 2.06. The van der Waals surface area contributed by atoms with Crippen molar-refractivity contribution in [3.63, 3.8) is 0 Å². The number of halogens is 1. The van der Waals surface area contributed by atoms with Crippen LogP contribution in [0.3, 0.4) is 0 Å². The van der Waals surface area contributed by atoms with Gasteiger partial charge >= 0.3 is 0 Å². The van der Waals surface area contributed by atoms with E-state index in [9.17, 15) is 5.11 Å². The van der Waals surface area contributed by atoms with Gasteiger partial charge in [-0.15, -0.1) is 0 Å². The van der Waals surface area contributed by atoms with Gasteiger partial charge in [0.15, 0.2) is 0 Å². The molecule has 0 saturated carbocycles. The summed E-state index contributed by atoms with van der Waals surface area (Å²) < 4.78 is 6.68. The molecule has 0 saturated heterocycles. The predicted molar refractivity (Wildman–Crippen MR) is 73.8 cm³/mol. The summed E-state index contributed by atoms with van der Waals surface area (Å²) in [4.78, 5) is 4.14. The van der Waals surface area contributed by atoms with Gasteiger partial charge in [-0.1, -0.05) is 22.0 Å². The molecule has 4 heteroatoms. The zero-order chi connectivity index (χ0) is 13.1. The number of aryl methyl sites for hydroxylation is 1. The molecule has 2 aromatic rings. The molecule has 0 aliphatic rings. The van der Waals surface area contributed by atoms with Crippen LogP contribution in [0.25, 0.3) is 0 Å². The average Bonchev–Trinajstić information content (AvgIpc) is 2.34. The van der Waals surface area contributed by atoms with Crippen molar-refractivity contribution in [3.8, 4) is 11.6 Å². The zero-order valence-corrected chi connectivity index (χ0v) is 11.8. The summed E-state index contributed by atoms with van der Waals surface area (Å²) in [5.41, 5.74) is 1.81. The molecule has 2 rings (SSSR count). The lowest BCUT2D eigenvalue weighted by Gasteiger charge is -2.10. The van der Waals surface area contributed by atoms with E-state index in [1.54, 1.807) is 25.3 Å². The van der Waals surface area contributed by atoms with Crippen LogP contribution in [0.4, 0.5) is 0 Å². The van der Waals surface area contributed by atoms with Gasteiger partial charge in [0.1, 0.15) is 5.75 Å². The smallest absolute Gasteiger partial charge is 0.219 e. The second-order valence-corrected chi connectivity index (χ2v) is 5.03. The maximum absolute atomic E-state index is 9.52. The monoisotopic (exact) mass is 307 g/mol. The third kappa shape index (κ3) is 3.09. The van der Waals surface area contributed by atoms with Crippen molar-refractivity contribution in [3.05, 3.63) is 52.1 Å². The third-order valence-electron chi connectivity index (χ3n) is 2.61. The first-order chi connectivity index (χ1) is 8.56. The van der Waals surface area contributed by atoms with Crippen LogP contribution in [0.1, 0.15) is 24.2 Å². The first kappa shape index (κ1) is 13.1. The quantitative estimate of drug-likeness (QED) is 0.932. The Morgan fingerprint density at radius 1 is 1.28 bits per heavy atom.